The first-order valence-corrected chi connectivity index (χ1v) is 4.23. The van der Waals surface area contributed by atoms with Crippen LogP contribution in [0.15, 0.2) is 0 Å². The van der Waals surface area contributed by atoms with Crippen molar-refractivity contribution in [3.63, 3.8) is 0 Å². The minimum absolute atomic E-state index is 0.0315. The van der Waals surface area contributed by atoms with Gasteiger partial charge in [-0.25, -0.2) is 5.11 Å². The summed E-state index contributed by atoms with van der Waals surface area (Å²) in [5.74, 6) is 1.08. The highest BCUT2D eigenvalue weighted by Gasteiger charge is 1.84. The van der Waals surface area contributed by atoms with E-state index in [1.807, 2.05) is 0 Å². The van der Waals surface area contributed by atoms with Crippen LogP contribution in [0.25, 0.3) is 0 Å². The van der Waals surface area contributed by atoms with Gasteiger partial charge in [0.1, 0.15) is 5.94 Å². The van der Waals surface area contributed by atoms with Gasteiger partial charge in [0, 0.05) is 0 Å². The molecular weight excluding hydrogens is 120 g/mol. The topological polar surface area (TPSA) is 19.9 Å². The second-order valence-electron chi connectivity index (χ2n) is 1.73. The number of hydrogen-bond acceptors (Lipinski definition) is 1. The maximum atomic E-state index is 9.86. The highest BCUT2D eigenvalue weighted by atomic mass is 32.2. The second kappa shape index (κ2) is 7.31. The predicted molar refractivity (Wildman–Crippen MR) is 37.5 cm³/mol. The van der Waals surface area contributed by atoms with Crippen LogP contribution in [0.4, 0.5) is 0 Å². The zero-order valence-corrected chi connectivity index (χ0v) is 6.17. The van der Waals surface area contributed by atoms with Gasteiger partial charge in [-0.1, -0.05) is 19.8 Å². The molecule has 0 aromatic heterocycles. The minimum Gasteiger partial charge on any atom is -0.225 e. The molecular formula is C6H13OS. The molecule has 0 amide bonds. The summed E-state index contributed by atoms with van der Waals surface area (Å²) in [6.07, 6.45) is 3.73. The second-order valence-corrected chi connectivity index (χ2v) is 2.79. The van der Waals surface area contributed by atoms with E-state index < -0.39 is 0 Å². The highest BCUT2D eigenvalue weighted by Crippen LogP contribution is 2.03. The average molecular weight is 133 g/mol. The Kier molecular flexibility index (Phi) is 7.59. The summed E-state index contributed by atoms with van der Waals surface area (Å²) in [7, 11) is 0. The zero-order chi connectivity index (χ0) is 6.24. The van der Waals surface area contributed by atoms with Crippen molar-refractivity contribution >= 4 is 11.8 Å². The van der Waals surface area contributed by atoms with Crippen molar-refractivity contribution in [2.24, 2.45) is 0 Å². The molecule has 0 saturated carbocycles. The number of hydrogen-bond donors (Lipinski definition) is 0. The van der Waals surface area contributed by atoms with Crippen LogP contribution in [0, 0.1) is 0 Å². The van der Waals surface area contributed by atoms with Crippen LogP contribution in [0.1, 0.15) is 26.2 Å². The van der Waals surface area contributed by atoms with Crippen molar-refractivity contribution in [1.82, 2.24) is 0 Å². The third-order valence-corrected chi connectivity index (χ3v) is 1.72. The maximum Gasteiger partial charge on any atom is 0.128 e. The third kappa shape index (κ3) is 6.31. The van der Waals surface area contributed by atoms with Crippen LogP contribution in [0.2, 0.25) is 0 Å². The summed E-state index contributed by atoms with van der Waals surface area (Å²) in [5, 5.41) is 9.86. The van der Waals surface area contributed by atoms with E-state index in [0.717, 1.165) is 5.75 Å². The molecule has 0 aliphatic heterocycles. The molecule has 0 spiro atoms. The van der Waals surface area contributed by atoms with E-state index in [2.05, 4.69) is 6.92 Å². The van der Waals surface area contributed by atoms with Gasteiger partial charge >= 0.3 is 0 Å². The van der Waals surface area contributed by atoms with Crippen LogP contribution in [-0.4, -0.2) is 11.7 Å². The van der Waals surface area contributed by atoms with Crippen LogP contribution in [0.5, 0.6) is 0 Å². The van der Waals surface area contributed by atoms with Crippen molar-refractivity contribution in [3.8, 4) is 0 Å². The Morgan fingerprint density at radius 3 is 2.62 bits per heavy atom. The normalized spacial score (nSPS) is 9.75. The first-order valence-electron chi connectivity index (χ1n) is 3.07. The van der Waals surface area contributed by atoms with Crippen molar-refractivity contribution in [3.05, 3.63) is 0 Å². The molecule has 1 radical (unpaired) electrons. The van der Waals surface area contributed by atoms with Gasteiger partial charge < -0.3 is 0 Å². The molecule has 0 aliphatic carbocycles. The van der Waals surface area contributed by atoms with Crippen LogP contribution in [0.3, 0.4) is 0 Å². The monoisotopic (exact) mass is 133 g/mol. The van der Waals surface area contributed by atoms with Crippen LogP contribution >= 0.6 is 11.8 Å². The van der Waals surface area contributed by atoms with Gasteiger partial charge in [0.2, 0.25) is 0 Å². The Labute approximate surface area is 55.5 Å². The Balaban J connectivity index is 2.53. The quantitative estimate of drug-likeness (QED) is 0.416. The summed E-state index contributed by atoms with van der Waals surface area (Å²) in [6, 6.07) is 0. The fraction of sp³-hybridized carbons (Fsp3) is 1.00. The van der Waals surface area contributed by atoms with E-state index >= 15 is 0 Å². The molecule has 0 saturated heterocycles. The fourth-order valence-corrected chi connectivity index (χ4v) is 1.04. The average Bonchev–Trinajstić information content (AvgIpc) is 1.81. The van der Waals surface area contributed by atoms with E-state index in [4.69, 9.17) is 0 Å². The van der Waals surface area contributed by atoms with Gasteiger partial charge in [0.25, 0.3) is 0 Å². The lowest BCUT2D eigenvalue weighted by Crippen LogP contribution is -1.79. The van der Waals surface area contributed by atoms with Crippen molar-refractivity contribution in [2.75, 3.05) is 11.7 Å². The van der Waals surface area contributed by atoms with Gasteiger partial charge in [-0.15, -0.1) is 11.8 Å². The van der Waals surface area contributed by atoms with E-state index in [9.17, 15) is 5.11 Å². The molecule has 0 N–H and O–H groups in total. The number of unbranched alkanes of at least 4 members (excludes halogenated alkanes) is 2. The molecule has 0 bridgehead atoms. The van der Waals surface area contributed by atoms with E-state index in [-0.39, 0.29) is 5.94 Å². The summed E-state index contributed by atoms with van der Waals surface area (Å²) < 4.78 is 0. The molecule has 0 heterocycles. The minimum atomic E-state index is 0.0315. The molecule has 0 atom stereocenters. The Hall–Kier alpha value is 0.310. The molecule has 0 aromatic carbocycles. The van der Waals surface area contributed by atoms with Crippen LogP contribution in [-0.2, 0) is 5.11 Å². The lowest BCUT2D eigenvalue weighted by atomic mass is 10.3. The van der Waals surface area contributed by atoms with Gasteiger partial charge in [-0.3, -0.25) is 0 Å². The predicted octanol–water partition coefficient (Wildman–Crippen LogP) is 2.30. The fourth-order valence-electron chi connectivity index (χ4n) is 0.513. The van der Waals surface area contributed by atoms with Crippen molar-refractivity contribution < 1.29 is 5.11 Å². The molecule has 0 unspecified atom stereocenters. The summed E-state index contributed by atoms with van der Waals surface area (Å²) in [6.45, 7) is 2.17. The lowest BCUT2D eigenvalue weighted by molar-refractivity contribution is 0.260. The summed E-state index contributed by atoms with van der Waals surface area (Å²) in [4.78, 5) is 0. The summed E-state index contributed by atoms with van der Waals surface area (Å²) in [5.41, 5.74) is 0. The van der Waals surface area contributed by atoms with Gasteiger partial charge in [0.15, 0.2) is 0 Å². The first kappa shape index (κ1) is 8.31. The third-order valence-electron chi connectivity index (χ3n) is 0.976. The Bertz CT molecular complexity index is 33.5. The first-order chi connectivity index (χ1) is 3.91. The molecule has 0 aromatic rings. The van der Waals surface area contributed by atoms with E-state index in [1.54, 1.807) is 0 Å². The summed E-state index contributed by atoms with van der Waals surface area (Å²) >= 11 is 1.49. The van der Waals surface area contributed by atoms with Gasteiger partial charge in [-0.05, 0) is 12.2 Å². The van der Waals surface area contributed by atoms with Crippen LogP contribution < -0.4 is 0 Å². The molecule has 8 heavy (non-hydrogen) atoms. The Morgan fingerprint density at radius 2 is 2.12 bits per heavy atom. The van der Waals surface area contributed by atoms with E-state index in [1.165, 1.54) is 31.0 Å². The largest absolute Gasteiger partial charge is 0.225 e. The molecule has 1 nitrogen and oxygen atoms in total. The smallest absolute Gasteiger partial charge is 0.128 e. The van der Waals surface area contributed by atoms with E-state index in [0.29, 0.717) is 0 Å². The molecule has 0 aliphatic rings. The molecule has 0 fully saturated rings. The lowest BCUT2D eigenvalue weighted by Gasteiger charge is -1.92. The highest BCUT2D eigenvalue weighted by molar-refractivity contribution is 7.99. The van der Waals surface area contributed by atoms with Gasteiger partial charge in [-0.2, -0.15) is 0 Å². The Morgan fingerprint density at radius 1 is 1.38 bits per heavy atom. The number of thioether (sulfide) groups is 1. The van der Waals surface area contributed by atoms with Crippen molar-refractivity contribution in [2.45, 2.75) is 26.2 Å². The molecule has 2 heteroatoms. The SMILES string of the molecule is CCCCCSC[O]. The molecule has 49 valence electrons. The number of rotatable bonds is 5. The maximum absolute atomic E-state index is 9.86. The zero-order valence-electron chi connectivity index (χ0n) is 5.35. The van der Waals surface area contributed by atoms with Gasteiger partial charge in [0.05, 0.1) is 0 Å². The van der Waals surface area contributed by atoms with Crippen molar-refractivity contribution in [1.29, 1.82) is 0 Å². The standard InChI is InChI=1S/C6H13OS/c1-2-3-4-5-8-6-7/h2-6H2,1H3. The molecule has 0 rings (SSSR count).